The van der Waals surface area contributed by atoms with Gasteiger partial charge in [-0.2, -0.15) is 0 Å². The van der Waals surface area contributed by atoms with Gasteiger partial charge in [0.15, 0.2) is 0 Å². The van der Waals surface area contributed by atoms with E-state index in [1.54, 1.807) is 12.1 Å². The van der Waals surface area contributed by atoms with E-state index in [4.69, 9.17) is 9.15 Å². The quantitative estimate of drug-likeness (QED) is 0.244. The Morgan fingerprint density at radius 2 is 1.19 bits per heavy atom. The van der Waals surface area contributed by atoms with Crippen molar-refractivity contribution in [3.05, 3.63) is 78.4 Å². The summed E-state index contributed by atoms with van der Waals surface area (Å²) in [5, 5.41) is 0. The second kappa shape index (κ2) is 8.98. The number of benzene rings is 2. The largest absolute Gasteiger partial charge is 0.673 e. The van der Waals surface area contributed by atoms with Gasteiger partial charge in [-0.25, -0.2) is 9.21 Å². The minimum atomic E-state index is -6.00. The maximum Gasteiger partial charge on any atom is 0.673 e. The number of hydrogen-bond acceptors (Lipinski definition) is 2. The summed E-state index contributed by atoms with van der Waals surface area (Å²) in [6, 6.07) is 22.7. The normalized spacial score (nSPS) is 10.6. The lowest BCUT2D eigenvalue weighted by atomic mass is 10.1. The van der Waals surface area contributed by atoms with E-state index >= 15 is 0 Å². The third kappa shape index (κ3) is 6.58. The van der Waals surface area contributed by atoms with Gasteiger partial charge in [0.2, 0.25) is 0 Å². The van der Waals surface area contributed by atoms with Crippen molar-refractivity contribution in [1.82, 2.24) is 0 Å². The van der Waals surface area contributed by atoms with Crippen molar-refractivity contribution in [3.63, 3.8) is 0 Å². The van der Waals surface area contributed by atoms with Gasteiger partial charge < -0.3 is 22.0 Å². The summed E-state index contributed by atoms with van der Waals surface area (Å²) in [5.74, 6) is 0.870. The fraction of sp³-hybridized carbons (Fsp3) is 0.0526. The molecule has 0 fully saturated rings. The van der Waals surface area contributed by atoms with Gasteiger partial charge in [0.05, 0.1) is 35.9 Å². The summed E-state index contributed by atoms with van der Waals surface area (Å²) < 4.78 is 49.8. The van der Waals surface area contributed by atoms with Gasteiger partial charge in [0.1, 0.15) is 0 Å². The fourth-order valence-corrected chi connectivity index (χ4v) is 2.23. The summed E-state index contributed by atoms with van der Waals surface area (Å²) in [7, 11) is -4.63. The van der Waals surface area contributed by atoms with E-state index in [9.17, 15) is 22.1 Å². The first-order valence-corrected chi connectivity index (χ1v) is 7.82. The van der Waals surface area contributed by atoms with Crippen LogP contribution in [-0.4, -0.2) is 20.3 Å². The molecule has 3 rings (SSSR count). The van der Waals surface area contributed by atoms with E-state index in [0.717, 1.165) is 11.1 Å². The highest BCUT2D eigenvalue weighted by Gasteiger charge is 2.22. The fourth-order valence-electron chi connectivity index (χ4n) is 2.23. The predicted octanol–water partition coefficient (Wildman–Crippen LogP) is 5.98. The summed E-state index contributed by atoms with van der Waals surface area (Å²) in [5.41, 5.74) is 2.28. The van der Waals surface area contributed by atoms with Gasteiger partial charge in [0.25, 0.3) is 0 Å². The Labute approximate surface area is 153 Å². The number of ether oxygens (including phenoxy) is 1. The molecule has 0 saturated carbocycles. The van der Waals surface area contributed by atoms with E-state index in [2.05, 4.69) is 0 Å². The number of carbonyl (C=O) groups is 1. The molecule has 140 valence electrons. The van der Waals surface area contributed by atoms with Gasteiger partial charge in [-0.15, -0.1) is 0 Å². The molecule has 0 unspecified atom stereocenters. The van der Waals surface area contributed by atoms with Crippen LogP contribution in [0.4, 0.5) is 17.3 Å². The van der Waals surface area contributed by atoms with Gasteiger partial charge in [-0.3, -0.25) is 0 Å². The number of carbonyl (C=O) groups excluding carboxylic acids is 1. The van der Waals surface area contributed by atoms with E-state index < -0.39 is 7.25 Å². The molecule has 0 saturated heterocycles. The summed E-state index contributed by atoms with van der Waals surface area (Å²) >= 11 is 0. The molecule has 27 heavy (non-hydrogen) atoms. The average Bonchev–Trinajstić information content (AvgIpc) is 2.67. The molecule has 3 aromatic rings. The van der Waals surface area contributed by atoms with Crippen LogP contribution in [0.3, 0.4) is 0 Å². The first-order chi connectivity index (χ1) is 12.8. The molecule has 3 nitrogen and oxygen atoms in total. The van der Waals surface area contributed by atoms with Crippen LogP contribution in [0.2, 0.25) is 0 Å². The standard InChI is InChI=1S/C19H15O3.BF4/c1-21-19(20)16-12-17(14-8-4-2-5-9-14)22-18(13-16)15-10-6-3-7-11-15;2-1(3,4)5/h2-13H,1H3;/q+1;-1. The van der Waals surface area contributed by atoms with Crippen LogP contribution in [0.5, 0.6) is 0 Å². The molecule has 0 N–H and O–H groups in total. The minimum Gasteiger partial charge on any atom is -0.465 e. The van der Waals surface area contributed by atoms with Crippen LogP contribution >= 0.6 is 0 Å². The maximum absolute atomic E-state index is 11.9. The molecule has 0 radical (unpaired) electrons. The third-order valence-electron chi connectivity index (χ3n) is 3.33. The van der Waals surface area contributed by atoms with Crippen molar-refractivity contribution in [2.45, 2.75) is 0 Å². The van der Waals surface area contributed by atoms with Crippen molar-refractivity contribution < 1.29 is 31.2 Å². The van der Waals surface area contributed by atoms with E-state index in [-0.39, 0.29) is 5.97 Å². The Kier molecular flexibility index (Phi) is 6.70. The zero-order valence-electron chi connectivity index (χ0n) is 14.2. The van der Waals surface area contributed by atoms with E-state index in [1.165, 1.54) is 7.11 Å². The van der Waals surface area contributed by atoms with Crippen LogP contribution in [-0.2, 0) is 4.74 Å². The minimum absolute atomic E-state index is 0.384. The monoisotopic (exact) mass is 378 g/mol. The first kappa shape index (κ1) is 20.2. The topological polar surface area (TPSA) is 37.6 Å². The van der Waals surface area contributed by atoms with Crippen LogP contribution in [0, 0.1) is 0 Å². The number of rotatable bonds is 3. The molecule has 0 aliphatic heterocycles. The number of methoxy groups -OCH3 is 1. The zero-order valence-corrected chi connectivity index (χ0v) is 14.2. The molecular weight excluding hydrogens is 363 g/mol. The van der Waals surface area contributed by atoms with E-state index in [0.29, 0.717) is 17.1 Å². The molecular formula is C19H15BF4O3. The second-order valence-electron chi connectivity index (χ2n) is 5.29. The van der Waals surface area contributed by atoms with Crippen molar-refractivity contribution in [3.8, 4) is 22.6 Å². The molecule has 2 aromatic carbocycles. The Bertz CT molecular complexity index is 821. The SMILES string of the molecule is COC(=O)c1cc(-c2ccccc2)[o+]c(-c2ccccc2)c1.F[B-](F)(F)F. The Morgan fingerprint density at radius 1 is 0.815 bits per heavy atom. The number of esters is 1. The Hall–Kier alpha value is -3.16. The van der Waals surface area contributed by atoms with Crippen molar-refractivity contribution in [2.24, 2.45) is 0 Å². The molecule has 0 bridgehead atoms. The lowest BCUT2D eigenvalue weighted by Crippen LogP contribution is -2.02. The van der Waals surface area contributed by atoms with Crippen LogP contribution in [0.25, 0.3) is 22.6 Å². The van der Waals surface area contributed by atoms with Gasteiger partial charge in [-0.1, -0.05) is 36.4 Å². The highest BCUT2D eigenvalue weighted by atomic mass is 19.5. The average molecular weight is 378 g/mol. The van der Waals surface area contributed by atoms with E-state index in [1.807, 2.05) is 60.7 Å². The highest BCUT2D eigenvalue weighted by molar-refractivity contribution is 6.50. The van der Waals surface area contributed by atoms with Crippen LogP contribution < -0.4 is 0 Å². The smallest absolute Gasteiger partial charge is 0.465 e. The number of halogens is 4. The summed E-state index contributed by atoms with van der Waals surface area (Å²) in [4.78, 5) is 11.9. The molecule has 0 aliphatic rings. The van der Waals surface area contributed by atoms with Gasteiger partial charge >= 0.3 is 24.7 Å². The summed E-state index contributed by atoms with van der Waals surface area (Å²) in [6.07, 6.45) is 0. The Balaban J connectivity index is 0.000000465. The van der Waals surface area contributed by atoms with Crippen molar-refractivity contribution in [1.29, 1.82) is 0 Å². The van der Waals surface area contributed by atoms with Crippen LogP contribution in [0.1, 0.15) is 10.4 Å². The lowest BCUT2D eigenvalue weighted by molar-refractivity contribution is 0.0600. The highest BCUT2D eigenvalue weighted by Crippen LogP contribution is 2.28. The molecule has 0 atom stereocenters. The third-order valence-corrected chi connectivity index (χ3v) is 3.33. The summed E-state index contributed by atoms with van der Waals surface area (Å²) in [6.45, 7) is 0. The van der Waals surface area contributed by atoms with Gasteiger partial charge in [-0.05, 0) is 24.3 Å². The zero-order chi connectivity index (χ0) is 19.9. The molecule has 0 aliphatic carbocycles. The predicted molar refractivity (Wildman–Crippen MR) is 95.5 cm³/mol. The maximum atomic E-state index is 11.9. The van der Waals surface area contributed by atoms with Crippen molar-refractivity contribution >= 4 is 13.2 Å². The molecule has 0 spiro atoms. The molecule has 8 heteroatoms. The van der Waals surface area contributed by atoms with Crippen molar-refractivity contribution in [2.75, 3.05) is 7.11 Å². The molecule has 1 aromatic heterocycles. The van der Waals surface area contributed by atoms with Crippen LogP contribution in [0.15, 0.2) is 77.2 Å². The molecule has 1 heterocycles. The lowest BCUT2D eigenvalue weighted by Gasteiger charge is -2.00. The Morgan fingerprint density at radius 3 is 1.52 bits per heavy atom. The molecule has 0 amide bonds. The first-order valence-electron chi connectivity index (χ1n) is 7.82. The van der Waals surface area contributed by atoms with Gasteiger partial charge in [0, 0.05) is 0 Å². The second-order valence-corrected chi connectivity index (χ2v) is 5.29. The number of hydrogen-bond donors (Lipinski definition) is 0.